The minimum atomic E-state index is 0.373. The van der Waals surface area contributed by atoms with Gasteiger partial charge >= 0.3 is 0 Å². The quantitative estimate of drug-likeness (QED) is 0.805. The number of piperidine rings is 1. The van der Waals surface area contributed by atoms with E-state index in [1.807, 2.05) is 18.2 Å². The maximum absolute atomic E-state index is 11.3. The van der Waals surface area contributed by atoms with Crippen molar-refractivity contribution < 1.29 is 4.79 Å². The molecule has 1 aromatic rings. The fourth-order valence-electron chi connectivity index (χ4n) is 2.08. The lowest BCUT2D eigenvalue weighted by Crippen LogP contribution is -2.36. The molecule has 1 heterocycles. The monoisotopic (exact) mass is 237 g/mol. The molecule has 1 aliphatic rings. The van der Waals surface area contributed by atoms with Gasteiger partial charge in [0.1, 0.15) is 5.78 Å². The molecule has 0 saturated carbocycles. The third-order valence-electron chi connectivity index (χ3n) is 2.94. The van der Waals surface area contributed by atoms with E-state index in [1.165, 1.54) is 5.56 Å². The molecule has 0 N–H and O–H groups in total. The molecule has 0 unspecified atom stereocenters. The number of hydrogen-bond donors (Lipinski definition) is 0. The molecule has 0 atom stereocenters. The molecule has 86 valence electrons. The van der Waals surface area contributed by atoms with Crippen molar-refractivity contribution in [3.05, 3.63) is 34.9 Å². The molecule has 1 fully saturated rings. The summed E-state index contributed by atoms with van der Waals surface area (Å²) in [5, 5.41) is 0.784. The average molecular weight is 238 g/mol. The molecule has 1 saturated heterocycles. The predicted octanol–water partition coefficient (Wildman–Crippen LogP) is 2.55. The van der Waals surface area contributed by atoms with Crippen LogP contribution >= 0.6 is 11.6 Å². The van der Waals surface area contributed by atoms with Gasteiger partial charge in [-0.2, -0.15) is 0 Å². The molecule has 0 bridgehead atoms. The molecule has 0 spiro atoms. The van der Waals surface area contributed by atoms with Crippen molar-refractivity contribution in [2.75, 3.05) is 19.6 Å². The summed E-state index contributed by atoms with van der Waals surface area (Å²) in [4.78, 5) is 13.5. The number of nitrogens with zero attached hydrogens (tertiary/aromatic N) is 1. The molecule has 0 aromatic heterocycles. The fraction of sp³-hybridized carbons (Fsp3) is 0.462. The zero-order valence-corrected chi connectivity index (χ0v) is 10.0. The Morgan fingerprint density at radius 2 is 2.25 bits per heavy atom. The third kappa shape index (κ3) is 3.32. The fourth-order valence-corrected chi connectivity index (χ4v) is 2.29. The van der Waals surface area contributed by atoms with Crippen LogP contribution in [0.4, 0.5) is 0 Å². The van der Waals surface area contributed by atoms with E-state index in [4.69, 9.17) is 11.6 Å². The van der Waals surface area contributed by atoms with Crippen LogP contribution in [0, 0.1) is 0 Å². The van der Waals surface area contributed by atoms with E-state index < -0.39 is 0 Å². The van der Waals surface area contributed by atoms with E-state index in [0.717, 1.165) is 37.4 Å². The maximum Gasteiger partial charge on any atom is 0.146 e. The van der Waals surface area contributed by atoms with E-state index in [2.05, 4.69) is 11.0 Å². The molecule has 1 aliphatic heterocycles. The lowest BCUT2D eigenvalue weighted by atomic mass is 10.1. The molecule has 1 aromatic carbocycles. The molecular weight excluding hydrogens is 222 g/mol. The number of Topliss-reactive ketones (excluding diaryl/α,β-unsaturated/α-hetero) is 1. The first-order valence-corrected chi connectivity index (χ1v) is 6.10. The lowest BCUT2D eigenvalue weighted by molar-refractivity contribution is -0.122. The summed E-state index contributed by atoms with van der Waals surface area (Å²) in [5.74, 6) is 0.373. The Morgan fingerprint density at radius 3 is 3.00 bits per heavy atom. The number of hydrogen-bond acceptors (Lipinski definition) is 2. The van der Waals surface area contributed by atoms with Crippen molar-refractivity contribution in [2.45, 2.75) is 19.3 Å². The second kappa shape index (κ2) is 5.46. The SMILES string of the molecule is O=C1CCCN(CCc2cccc(Cl)c2)C1. The first-order chi connectivity index (χ1) is 7.74. The maximum atomic E-state index is 11.3. The molecule has 16 heavy (non-hydrogen) atoms. The van der Waals surface area contributed by atoms with Crippen molar-refractivity contribution in [2.24, 2.45) is 0 Å². The molecule has 2 nitrogen and oxygen atoms in total. The summed E-state index contributed by atoms with van der Waals surface area (Å²) in [6.07, 6.45) is 2.73. The topological polar surface area (TPSA) is 20.3 Å². The molecule has 0 radical (unpaired) electrons. The van der Waals surface area contributed by atoms with Gasteiger partial charge in [0.25, 0.3) is 0 Å². The first kappa shape index (κ1) is 11.6. The Hall–Kier alpha value is -0.860. The van der Waals surface area contributed by atoms with Crippen LogP contribution in [0.3, 0.4) is 0 Å². The van der Waals surface area contributed by atoms with Crippen LogP contribution in [-0.4, -0.2) is 30.3 Å². The van der Waals surface area contributed by atoms with E-state index in [0.29, 0.717) is 12.3 Å². The van der Waals surface area contributed by atoms with Crippen LogP contribution in [0.2, 0.25) is 5.02 Å². The number of benzene rings is 1. The van der Waals surface area contributed by atoms with Crippen molar-refractivity contribution in [1.82, 2.24) is 4.90 Å². The second-order valence-corrected chi connectivity index (χ2v) is 4.73. The summed E-state index contributed by atoms with van der Waals surface area (Å²) in [6.45, 7) is 2.62. The van der Waals surface area contributed by atoms with Gasteiger partial charge in [0.05, 0.1) is 6.54 Å². The van der Waals surface area contributed by atoms with Gasteiger partial charge in [-0.3, -0.25) is 9.69 Å². The Morgan fingerprint density at radius 1 is 1.38 bits per heavy atom. The smallest absolute Gasteiger partial charge is 0.146 e. The summed E-state index contributed by atoms with van der Waals surface area (Å²) < 4.78 is 0. The van der Waals surface area contributed by atoms with Crippen LogP contribution in [0.1, 0.15) is 18.4 Å². The zero-order chi connectivity index (χ0) is 11.4. The molecule has 3 heteroatoms. The van der Waals surface area contributed by atoms with E-state index in [9.17, 15) is 4.79 Å². The number of halogens is 1. The van der Waals surface area contributed by atoms with Gasteiger partial charge in [-0.25, -0.2) is 0 Å². The van der Waals surface area contributed by atoms with Crippen molar-refractivity contribution in [3.8, 4) is 0 Å². The van der Waals surface area contributed by atoms with Crippen LogP contribution < -0.4 is 0 Å². The van der Waals surface area contributed by atoms with E-state index in [1.54, 1.807) is 0 Å². The van der Waals surface area contributed by atoms with Gasteiger partial charge in [0, 0.05) is 18.0 Å². The van der Waals surface area contributed by atoms with Crippen LogP contribution in [0.25, 0.3) is 0 Å². The molecule has 2 rings (SSSR count). The molecular formula is C13H16ClNO. The second-order valence-electron chi connectivity index (χ2n) is 4.30. The van der Waals surface area contributed by atoms with Crippen molar-refractivity contribution in [1.29, 1.82) is 0 Å². The van der Waals surface area contributed by atoms with Crippen LogP contribution in [0.5, 0.6) is 0 Å². The van der Waals surface area contributed by atoms with E-state index >= 15 is 0 Å². The first-order valence-electron chi connectivity index (χ1n) is 5.72. The highest BCUT2D eigenvalue weighted by Gasteiger charge is 2.15. The minimum absolute atomic E-state index is 0.373. The van der Waals surface area contributed by atoms with Gasteiger partial charge in [-0.05, 0) is 37.1 Å². The number of rotatable bonds is 3. The minimum Gasteiger partial charge on any atom is -0.298 e. The summed E-state index contributed by atoms with van der Waals surface area (Å²) in [7, 11) is 0. The lowest BCUT2D eigenvalue weighted by Gasteiger charge is -2.25. The Bertz CT molecular complexity index is 378. The largest absolute Gasteiger partial charge is 0.298 e. The highest BCUT2D eigenvalue weighted by Crippen LogP contribution is 2.12. The molecule has 0 amide bonds. The standard InChI is InChI=1S/C13H16ClNO/c14-12-4-1-3-11(9-12)6-8-15-7-2-5-13(16)10-15/h1,3-4,9H,2,5-8,10H2. The summed E-state index contributed by atoms with van der Waals surface area (Å²) in [6, 6.07) is 7.93. The average Bonchev–Trinajstić information content (AvgIpc) is 2.27. The van der Waals surface area contributed by atoms with Gasteiger partial charge in [0.2, 0.25) is 0 Å². The Balaban J connectivity index is 1.85. The summed E-state index contributed by atoms with van der Waals surface area (Å²) >= 11 is 5.92. The van der Waals surface area contributed by atoms with Gasteiger partial charge in [0.15, 0.2) is 0 Å². The number of carbonyl (C=O) groups is 1. The predicted molar refractivity (Wildman–Crippen MR) is 65.8 cm³/mol. The molecule has 0 aliphatic carbocycles. The normalized spacial score (nSPS) is 17.7. The van der Waals surface area contributed by atoms with Gasteiger partial charge < -0.3 is 0 Å². The number of ketones is 1. The number of carbonyl (C=O) groups excluding carboxylic acids is 1. The highest BCUT2D eigenvalue weighted by molar-refractivity contribution is 6.30. The number of likely N-dealkylation sites (tertiary alicyclic amines) is 1. The van der Waals surface area contributed by atoms with Crippen LogP contribution in [0.15, 0.2) is 24.3 Å². The Kier molecular flexibility index (Phi) is 3.97. The van der Waals surface area contributed by atoms with Crippen molar-refractivity contribution in [3.63, 3.8) is 0 Å². The van der Waals surface area contributed by atoms with Gasteiger partial charge in [-0.1, -0.05) is 23.7 Å². The highest BCUT2D eigenvalue weighted by atomic mass is 35.5. The third-order valence-corrected chi connectivity index (χ3v) is 3.17. The Labute approximate surface area is 101 Å². The van der Waals surface area contributed by atoms with Crippen LogP contribution in [-0.2, 0) is 11.2 Å². The van der Waals surface area contributed by atoms with Crippen molar-refractivity contribution >= 4 is 17.4 Å². The van der Waals surface area contributed by atoms with E-state index in [-0.39, 0.29) is 0 Å². The summed E-state index contributed by atoms with van der Waals surface area (Å²) in [5.41, 5.74) is 1.24. The zero-order valence-electron chi connectivity index (χ0n) is 9.29. The van der Waals surface area contributed by atoms with Gasteiger partial charge in [-0.15, -0.1) is 0 Å².